The molecule has 1 N–H and O–H groups in total. The van der Waals surface area contributed by atoms with Gasteiger partial charge in [0.15, 0.2) is 0 Å². The fraction of sp³-hybridized carbons (Fsp3) is 0.263. The molecule has 7 heteroatoms. The number of hydrogen-bond acceptors (Lipinski definition) is 5. The smallest absolute Gasteiger partial charge is 0.268 e. The summed E-state index contributed by atoms with van der Waals surface area (Å²) in [7, 11) is 4.74. The van der Waals surface area contributed by atoms with E-state index in [4.69, 9.17) is 4.74 Å². The molecule has 1 aliphatic rings. The van der Waals surface area contributed by atoms with E-state index in [0.717, 1.165) is 10.6 Å². The van der Waals surface area contributed by atoms with Crippen molar-refractivity contribution in [3.8, 4) is 11.5 Å². The number of methoxy groups -OCH3 is 1. The van der Waals surface area contributed by atoms with E-state index in [1.54, 1.807) is 26.2 Å². The van der Waals surface area contributed by atoms with Gasteiger partial charge in [-0.05, 0) is 30.3 Å². The van der Waals surface area contributed by atoms with Crippen molar-refractivity contribution in [2.45, 2.75) is 16.7 Å². The number of para-hydroxylation sites is 1. The van der Waals surface area contributed by atoms with Crippen LogP contribution in [0, 0.1) is 0 Å². The molecular formula is C19H20N2O4S. The summed E-state index contributed by atoms with van der Waals surface area (Å²) in [6, 6.07) is 12.1. The summed E-state index contributed by atoms with van der Waals surface area (Å²) in [5.41, 5.74) is 1.07. The first-order chi connectivity index (χ1) is 12.3. The number of nitrogens with zero attached hydrogens (tertiary/aromatic N) is 2. The normalized spacial score (nSPS) is 19.1. The molecule has 2 aromatic rings. The predicted octanol–water partition coefficient (Wildman–Crippen LogP) is 2.80. The fourth-order valence-corrected chi connectivity index (χ4v) is 4.60. The number of thioether (sulfide) groups is 1. The molecule has 136 valence electrons. The van der Waals surface area contributed by atoms with Crippen LogP contribution in [0.15, 0.2) is 47.4 Å². The predicted molar refractivity (Wildman–Crippen MR) is 100 cm³/mol. The SMILES string of the molecule is COc1ccc(O)c(C2(N(C)C(C)=O)Sc3ccccc3N(C)C2=O)c1. The number of hydrogen-bond donors (Lipinski definition) is 1. The number of benzene rings is 2. The molecule has 0 radical (unpaired) electrons. The largest absolute Gasteiger partial charge is 0.508 e. The number of phenolic OH excluding ortho intramolecular Hbond substituents is 1. The first kappa shape index (κ1) is 18.1. The summed E-state index contributed by atoms with van der Waals surface area (Å²) < 4.78 is 5.27. The molecule has 26 heavy (non-hydrogen) atoms. The van der Waals surface area contributed by atoms with Crippen LogP contribution in [0.4, 0.5) is 5.69 Å². The number of carbonyl (C=O) groups is 2. The zero-order valence-electron chi connectivity index (χ0n) is 15.0. The van der Waals surface area contributed by atoms with E-state index in [2.05, 4.69) is 0 Å². The summed E-state index contributed by atoms with van der Waals surface area (Å²) in [5.74, 6) is -0.195. The summed E-state index contributed by atoms with van der Waals surface area (Å²) in [6.45, 7) is 1.40. The topological polar surface area (TPSA) is 70.1 Å². The van der Waals surface area contributed by atoms with Gasteiger partial charge in [-0.2, -0.15) is 0 Å². The summed E-state index contributed by atoms with van der Waals surface area (Å²) >= 11 is 1.24. The van der Waals surface area contributed by atoms with E-state index in [1.165, 1.54) is 41.7 Å². The quantitative estimate of drug-likeness (QED) is 0.897. The highest BCUT2D eigenvalue weighted by atomic mass is 32.2. The van der Waals surface area contributed by atoms with E-state index in [-0.39, 0.29) is 17.6 Å². The number of ether oxygens (including phenoxy) is 1. The summed E-state index contributed by atoms with van der Waals surface area (Å²) in [4.78, 5) is 28.0. The number of amides is 2. The van der Waals surface area contributed by atoms with Crippen LogP contribution in [-0.4, -0.2) is 43.0 Å². The van der Waals surface area contributed by atoms with Crippen molar-refractivity contribution in [3.05, 3.63) is 48.0 Å². The minimum Gasteiger partial charge on any atom is -0.508 e. The first-order valence-corrected chi connectivity index (χ1v) is 8.82. The molecule has 1 aliphatic heterocycles. The molecule has 0 fully saturated rings. The highest BCUT2D eigenvalue weighted by Gasteiger charge is 2.53. The van der Waals surface area contributed by atoms with E-state index in [1.807, 2.05) is 24.3 Å². The third kappa shape index (κ3) is 2.59. The standard InChI is InChI=1S/C19H20N2O4S/c1-12(22)21(3)19(14-11-13(25-4)9-10-16(14)23)18(24)20(2)15-7-5-6-8-17(15)26-19/h5-11,23H,1-4H3. The van der Waals surface area contributed by atoms with Gasteiger partial charge in [-0.3, -0.25) is 9.59 Å². The van der Waals surface area contributed by atoms with Crippen LogP contribution in [0.25, 0.3) is 0 Å². The van der Waals surface area contributed by atoms with E-state index < -0.39 is 4.87 Å². The average Bonchev–Trinajstić information content (AvgIpc) is 2.64. The minimum absolute atomic E-state index is 0.0764. The molecule has 1 atom stereocenters. The molecule has 2 amide bonds. The van der Waals surface area contributed by atoms with Gasteiger partial charge in [-0.1, -0.05) is 23.9 Å². The van der Waals surface area contributed by atoms with Gasteiger partial charge in [0, 0.05) is 31.5 Å². The molecule has 0 spiro atoms. The lowest BCUT2D eigenvalue weighted by Gasteiger charge is -2.45. The second-order valence-corrected chi connectivity index (χ2v) is 7.27. The third-order valence-corrected chi connectivity index (χ3v) is 6.12. The Hall–Kier alpha value is -2.67. The van der Waals surface area contributed by atoms with Crippen LogP contribution in [0.2, 0.25) is 0 Å². The summed E-state index contributed by atoms with van der Waals surface area (Å²) in [6.07, 6.45) is 0. The molecule has 0 bridgehead atoms. The molecule has 0 saturated carbocycles. The molecule has 6 nitrogen and oxygen atoms in total. The maximum absolute atomic E-state index is 13.5. The highest BCUT2D eigenvalue weighted by Crippen LogP contribution is 2.54. The Kier molecular flexibility index (Phi) is 4.58. The second kappa shape index (κ2) is 6.57. The van der Waals surface area contributed by atoms with Crippen molar-refractivity contribution in [1.82, 2.24) is 4.90 Å². The van der Waals surface area contributed by atoms with Crippen molar-refractivity contribution in [1.29, 1.82) is 0 Å². The maximum Gasteiger partial charge on any atom is 0.268 e. The number of fused-ring (bicyclic) bond motifs is 1. The summed E-state index contributed by atoms with van der Waals surface area (Å²) in [5, 5.41) is 10.6. The molecule has 0 aromatic heterocycles. The Morgan fingerprint density at radius 3 is 2.62 bits per heavy atom. The van der Waals surface area contributed by atoms with Gasteiger partial charge in [-0.15, -0.1) is 0 Å². The van der Waals surface area contributed by atoms with E-state index >= 15 is 0 Å². The zero-order chi connectivity index (χ0) is 19.1. The number of likely N-dealkylation sites (N-methyl/N-ethyl adjacent to an activating group) is 2. The van der Waals surface area contributed by atoms with E-state index in [9.17, 15) is 14.7 Å². The van der Waals surface area contributed by atoms with Crippen molar-refractivity contribution in [2.24, 2.45) is 0 Å². The lowest BCUT2D eigenvalue weighted by molar-refractivity contribution is -0.138. The Morgan fingerprint density at radius 2 is 1.96 bits per heavy atom. The monoisotopic (exact) mass is 372 g/mol. The zero-order valence-corrected chi connectivity index (χ0v) is 15.8. The molecular weight excluding hydrogens is 352 g/mol. The van der Waals surface area contributed by atoms with Gasteiger partial charge in [0.05, 0.1) is 12.8 Å². The van der Waals surface area contributed by atoms with Crippen LogP contribution < -0.4 is 9.64 Å². The molecule has 0 aliphatic carbocycles. The maximum atomic E-state index is 13.5. The second-order valence-electron chi connectivity index (χ2n) is 6.04. The van der Waals surface area contributed by atoms with Crippen molar-refractivity contribution in [3.63, 3.8) is 0 Å². The molecule has 1 heterocycles. The Balaban J connectivity index is 2.31. The number of carbonyl (C=O) groups excluding carboxylic acids is 2. The third-order valence-electron chi connectivity index (χ3n) is 4.59. The van der Waals surface area contributed by atoms with Gasteiger partial charge in [0.2, 0.25) is 10.8 Å². The highest BCUT2D eigenvalue weighted by molar-refractivity contribution is 8.01. The fourth-order valence-electron chi connectivity index (χ4n) is 3.06. The Morgan fingerprint density at radius 1 is 1.27 bits per heavy atom. The number of rotatable bonds is 3. The van der Waals surface area contributed by atoms with Gasteiger partial charge in [-0.25, -0.2) is 0 Å². The van der Waals surface area contributed by atoms with Gasteiger partial charge in [0.1, 0.15) is 11.5 Å². The molecule has 0 saturated heterocycles. The number of phenols is 1. The van der Waals surface area contributed by atoms with Crippen LogP contribution in [-0.2, 0) is 14.5 Å². The first-order valence-electron chi connectivity index (χ1n) is 8.01. The van der Waals surface area contributed by atoms with E-state index in [0.29, 0.717) is 11.3 Å². The van der Waals surface area contributed by atoms with Crippen LogP contribution in [0.5, 0.6) is 11.5 Å². The van der Waals surface area contributed by atoms with Crippen LogP contribution >= 0.6 is 11.8 Å². The van der Waals surface area contributed by atoms with Crippen molar-refractivity contribution in [2.75, 3.05) is 26.1 Å². The van der Waals surface area contributed by atoms with Gasteiger partial charge in [0.25, 0.3) is 5.91 Å². The van der Waals surface area contributed by atoms with Gasteiger partial charge < -0.3 is 19.6 Å². The Bertz CT molecular complexity index is 886. The lowest BCUT2D eigenvalue weighted by atomic mass is 10.0. The van der Waals surface area contributed by atoms with Crippen molar-refractivity contribution < 1.29 is 19.4 Å². The average molecular weight is 372 g/mol. The lowest BCUT2D eigenvalue weighted by Crippen LogP contribution is -2.56. The molecule has 2 aromatic carbocycles. The Labute approximate surface area is 156 Å². The number of aromatic hydroxyl groups is 1. The van der Waals surface area contributed by atoms with Crippen LogP contribution in [0.1, 0.15) is 12.5 Å². The minimum atomic E-state index is -1.44. The number of anilines is 1. The molecule has 1 unspecified atom stereocenters. The molecule has 3 rings (SSSR count). The van der Waals surface area contributed by atoms with Crippen molar-refractivity contribution >= 4 is 29.3 Å². The van der Waals surface area contributed by atoms with Crippen LogP contribution in [0.3, 0.4) is 0 Å². The van der Waals surface area contributed by atoms with Gasteiger partial charge >= 0.3 is 0 Å².